The zero-order valence-corrected chi connectivity index (χ0v) is 14.6. The molecule has 122 valence electrons. The minimum Gasteiger partial charge on any atom is -0.316 e. The number of nitrogens with zero attached hydrogens (tertiary/aromatic N) is 2. The standard InChI is InChI=1S/C17H25BrFN3/c18-16-3-4-17(19)15(10-16)13-22-8-6-21(7-9-22)12-14-2-1-5-20-11-14/h3-4,10,14,20H,1-2,5-9,11-13H2. The summed E-state index contributed by atoms with van der Waals surface area (Å²) in [6.07, 6.45) is 2.67. The highest BCUT2D eigenvalue weighted by molar-refractivity contribution is 9.10. The van der Waals surface area contributed by atoms with Crippen molar-refractivity contribution >= 4 is 15.9 Å². The first-order valence-corrected chi connectivity index (χ1v) is 9.09. The third kappa shape index (κ3) is 4.51. The second kappa shape index (κ2) is 7.86. The van der Waals surface area contributed by atoms with Crippen molar-refractivity contribution in [3.63, 3.8) is 0 Å². The molecule has 2 aliphatic rings. The second-order valence-corrected chi connectivity index (χ2v) is 7.44. The summed E-state index contributed by atoms with van der Waals surface area (Å²) in [5.41, 5.74) is 0.791. The Morgan fingerprint density at radius 1 is 1.18 bits per heavy atom. The van der Waals surface area contributed by atoms with Gasteiger partial charge >= 0.3 is 0 Å². The van der Waals surface area contributed by atoms with E-state index in [1.807, 2.05) is 6.07 Å². The number of piperazine rings is 1. The molecule has 1 unspecified atom stereocenters. The summed E-state index contributed by atoms with van der Waals surface area (Å²) in [4.78, 5) is 4.94. The van der Waals surface area contributed by atoms with Crippen LogP contribution in [0.15, 0.2) is 22.7 Å². The van der Waals surface area contributed by atoms with Gasteiger partial charge in [-0.05, 0) is 50.0 Å². The molecule has 1 aromatic rings. The van der Waals surface area contributed by atoms with Crippen LogP contribution in [0.25, 0.3) is 0 Å². The summed E-state index contributed by atoms with van der Waals surface area (Å²) in [7, 11) is 0. The van der Waals surface area contributed by atoms with Gasteiger partial charge in [0, 0.05) is 49.3 Å². The molecule has 0 aromatic heterocycles. The minimum absolute atomic E-state index is 0.0982. The Labute approximate surface area is 141 Å². The van der Waals surface area contributed by atoms with Crippen LogP contribution in [0.3, 0.4) is 0 Å². The van der Waals surface area contributed by atoms with Gasteiger partial charge in [-0.15, -0.1) is 0 Å². The quantitative estimate of drug-likeness (QED) is 0.879. The van der Waals surface area contributed by atoms with E-state index < -0.39 is 0 Å². The van der Waals surface area contributed by atoms with Crippen molar-refractivity contribution in [3.05, 3.63) is 34.1 Å². The van der Waals surface area contributed by atoms with Crippen LogP contribution >= 0.6 is 15.9 Å². The first kappa shape index (κ1) is 16.4. The van der Waals surface area contributed by atoms with Gasteiger partial charge in [-0.25, -0.2) is 4.39 Å². The number of halogens is 2. The monoisotopic (exact) mass is 369 g/mol. The summed E-state index contributed by atoms with van der Waals surface area (Å²) >= 11 is 3.43. The third-order valence-corrected chi connectivity index (χ3v) is 5.28. The molecule has 0 amide bonds. The minimum atomic E-state index is -0.0982. The Morgan fingerprint density at radius 3 is 2.68 bits per heavy atom. The summed E-state index contributed by atoms with van der Waals surface area (Å²) < 4.78 is 14.8. The summed E-state index contributed by atoms with van der Waals surface area (Å²) in [5, 5.41) is 3.49. The third-order valence-electron chi connectivity index (χ3n) is 4.78. The predicted molar refractivity (Wildman–Crippen MR) is 91.4 cm³/mol. The number of piperidine rings is 1. The summed E-state index contributed by atoms with van der Waals surface area (Å²) in [5.74, 6) is 0.710. The fourth-order valence-corrected chi connectivity index (χ4v) is 3.89. The van der Waals surface area contributed by atoms with E-state index in [-0.39, 0.29) is 5.82 Å². The smallest absolute Gasteiger partial charge is 0.127 e. The molecule has 2 heterocycles. The van der Waals surface area contributed by atoms with Crippen LogP contribution in [-0.2, 0) is 6.54 Å². The molecule has 1 aromatic carbocycles. The van der Waals surface area contributed by atoms with Crippen molar-refractivity contribution in [2.24, 2.45) is 5.92 Å². The first-order valence-electron chi connectivity index (χ1n) is 8.30. The predicted octanol–water partition coefficient (Wildman–Crippen LogP) is 2.71. The first-order chi connectivity index (χ1) is 10.7. The van der Waals surface area contributed by atoms with Crippen LogP contribution in [0, 0.1) is 11.7 Å². The van der Waals surface area contributed by atoms with Crippen molar-refractivity contribution < 1.29 is 4.39 Å². The van der Waals surface area contributed by atoms with Crippen molar-refractivity contribution in [1.29, 1.82) is 0 Å². The lowest BCUT2D eigenvalue weighted by atomic mass is 9.99. The van der Waals surface area contributed by atoms with Gasteiger partial charge in [0.1, 0.15) is 5.82 Å². The van der Waals surface area contributed by atoms with E-state index in [4.69, 9.17) is 0 Å². The molecule has 0 bridgehead atoms. The molecule has 1 atom stereocenters. The molecule has 0 spiro atoms. The maximum Gasteiger partial charge on any atom is 0.127 e. The summed E-state index contributed by atoms with van der Waals surface area (Å²) in [6, 6.07) is 5.20. The highest BCUT2D eigenvalue weighted by Gasteiger charge is 2.21. The van der Waals surface area contributed by atoms with E-state index in [9.17, 15) is 4.39 Å². The van der Waals surface area contributed by atoms with Gasteiger partial charge in [0.15, 0.2) is 0 Å². The molecule has 0 radical (unpaired) electrons. The van der Waals surface area contributed by atoms with Gasteiger partial charge in [-0.2, -0.15) is 0 Å². The van der Waals surface area contributed by atoms with E-state index >= 15 is 0 Å². The van der Waals surface area contributed by atoms with Gasteiger partial charge in [0.2, 0.25) is 0 Å². The van der Waals surface area contributed by atoms with Crippen molar-refractivity contribution in [1.82, 2.24) is 15.1 Å². The fraction of sp³-hybridized carbons (Fsp3) is 0.647. The van der Waals surface area contributed by atoms with Crippen LogP contribution in [0.5, 0.6) is 0 Å². The van der Waals surface area contributed by atoms with Crippen LogP contribution < -0.4 is 5.32 Å². The lowest BCUT2D eigenvalue weighted by Gasteiger charge is -2.37. The molecule has 22 heavy (non-hydrogen) atoms. The fourth-order valence-electron chi connectivity index (χ4n) is 3.48. The van der Waals surface area contributed by atoms with Gasteiger partial charge < -0.3 is 10.2 Å². The van der Waals surface area contributed by atoms with Crippen LogP contribution in [0.4, 0.5) is 4.39 Å². The van der Waals surface area contributed by atoms with Crippen molar-refractivity contribution in [2.75, 3.05) is 45.8 Å². The number of nitrogens with one attached hydrogen (secondary N) is 1. The van der Waals surface area contributed by atoms with E-state index in [0.29, 0.717) is 6.54 Å². The van der Waals surface area contributed by atoms with Gasteiger partial charge in [-0.3, -0.25) is 4.90 Å². The summed E-state index contributed by atoms with van der Waals surface area (Å²) in [6.45, 7) is 8.55. The number of hydrogen-bond acceptors (Lipinski definition) is 3. The van der Waals surface area contributed by atoms with Crippen LogP contribution in [-0.4, -0.2) is 55.6 Å². The normalized spacial score (nSPS) is 24.5. The van der Waals surface area contributed by atoms with E-state index in [1.54, 1.807) is 12.1 Å². The van der Waals surface area contributed by atoms with E-state index in [0.717, 1.165) is 42.1 Å². The molecule has 3 rings (SSSR count). The molecular formula is C17H25BrFN3. The molecule has 0 aliphatic carbocycles. The number of hydrogen-bond donors (Lipinski definition) is 1. The van der Waals surface area contributed by atoms with Crippen LogP contribution in [0.2, 0.25) is 0 Å². The van der Waals surface area contributed by atoms with E-state index in [1.165, 1.54) is 32.5 Å². The maximum atomic E-state index is 13.8. The lowest BCUT2D eigenvalue weighted by molar-refractivity contribution is 0.107. The molecule has 0 saturated carbocycles. The average Bonchev–Trinajstić information content (AvgIpc) is 2.54. The lowest BCUT2D eigenvalue weighted by Crippen LogP contribution is -2.48. The topological polar surface area (TPSA) is 18.5 Å². The van der Waals surface area contributed by atoms with Gasteiger partial charge in [-0.1, -0.05) is 15.9 Å². The van der Waals surface area contributed by atoms with Crippen LogP contribution in [0.1, 0.15) is 18.4 Å². The SMILES string of the molecule is Fc1ccc(Br)cc1CN1CCN(CC2CCCNC2)CC1. The maximum absolute atomic E-state index is 13.8. The number of benzene rings is 1. The largest absolute Gasteiger partial charge is 0.316 e. The Kier molecular flexibility index (Phi) is 5.85. The van der Waals surface area contributed by atoms with Crippen molar-refractivity contribution in [3.8, 4) is 0 Å². The average molecular weight is 370 g/mol. The Balaban J connectivity index is 1.46. The Morgan fingerprint density at radius 2 is 1.95 bits per heavy atom. The second-order valence-electron chi connectivity index (χ2n) is 6.52. The van der Waals surface area contributed by atoms with Crippen molar-refractivity contribution in [2.45, 2.75) is 19.4 Å². The Bertz CT molecular complexity index is 483. The number of rotatable bonds is 4. The zero-order valence-electron chi connectivity index (χ0n) is 13.0. The highest BCUT2D eigenvalue weighted by atomic mass is 79.9. The van der Waals surface area contributed by atoms with Gasteiger partial charge in [0.25, 0.3) is 0 Å². The molecule has 5 heteroatoms. The molecule has 2 saturated heterocycles. The molecule has 1 N–H and O–H groups in total. The zero-order chi connectivity index (χ0) is 15.4. The highest BCUT2D eigenvalue weighted by Crippen LogP contribution is 2.19. The molecular weight excluding hydrogens is 345 g/mol. The molecule has 2 aliphatic heterocycles. The van der Waals surface area contributed by atoms with Gasteiger partial charge in [0.05, 0.1) is 0 Å². The molecule has 3 nitrogen and oxygen atoms in total. The molecule has 2 fully saturated rings. The Hall–Kier alpha value is -0.490. The van der Waals surface area contributed by atoms with E-state index in [2.05, 4.69) is 31.0 Å².